The number of carbonyl (C=O) groups is 2. The van der Waals surface area contributed by atoms with E-state index in [2.05, 4.69) is 20.9 Å². The van der Waals surface area contributed by atoms with Crippen LogP contribution in [0.1, 0.15) is 37.5 Å². The number of hydrogen-bond donors (Lipinski definition) is 0. The van der Waals surface area contributed by atoms with E-state index in [4.69, 9.17) is 11.6 Å². The molecule has 4 rings (SSSR count). The van der Waals surface area contributed by atoms with E-state index in [-0.39, 0.29) is 36.6 Å². The molecule has 38 heavy (non-hydrogen) atoms. The Hall–Kier alpha value is -2.71. The number of nitrogens with zero attached hydrogens (tertiary/aromatic N) is 5. The van der Waals surface area contributed by atoms with E-state index in [1.807, 2.05) is 49.5 Å². The summed E-state index contributed by atoms with van der Waals surface area (Å²) < 4.78 is 0. The highest BCUT2D eigenvalue weighted by Gasteiger charge is 2.45. The number of pyridine rings is 2. The Balaban J connectivity index is 0.00000253. The number of hydrogen-bond acceptors (Lipinski definition) is 5. The molecule has 3 aromatic rings. The fraction of sp³-hybridized carbons (Fsp3) is 0.357. The van der Waals surface area contributed by atoms with Crippen molar-refractivity contribution in [2.75, 3.05) is 29.9 Å². The summed E-state index contributed by atoms with van der Waals surface area (Å²) in [6.07, 6.45) is 6.18. The first-order valence-electron chi connectivity index (χ1n) is 12.2. The van der Waals surface area contributed by atoms with Crippen LogP contribution in [0.4, 0.5) is 11.4 Å². The highest BCUT2D eigenvalue weighted by Crippen LogP contribution is 2.39. The van der Waals surface area contributed by atoms with Crippen molar-refractivity contribution in [3.63, 3.8) is 0 Å². The Labute approximate surface area is 242 Å². The molecule has 0 unspecified atom stereocenters. The molecular formula is C28H34Cl3N5O2. The smallest absolute Gasteiger partial charge is 0.242 e. The lowest BCUT2D eigenvalue weighted by molar-refractivity contribution is -0.137. The molecule has 1 aliphatic heterocycles. The summed E-state index contributed by atoms with van der Waals surface area (Å²) in [5.74, 6) is -0.393. The maximum atomic E-state index is 13.2. The standard InChI is InChI=1S/C28H32ClN5O2.2ClH/c1-5-34-23-11-10-21(16-24(23)32(4)26(35)28(2,3)27(34)36)18-33(15-12-20-8-6-13-30-17-20)19-22-9-7-14-31-25(22)29;;/h6-11,13-14,16-17H,5,12,15,18-19H2,1-4H3;2*1H. The van der Waals surface area contributed by atoms with Crippen LogP contribution >= 0.6 is 36.4 Å². The first-order chi connectivity index (χ1) is 17.2. The predicted octanol–water partition coefficient (Wildman–Crippen LogP) is 5.57. The Morgan fingerprint density at radius 1 is 0.947 bits per heavy atom. The monoisotopic (exact) mass is 577 g/mol. The second kappa shape index (κ2) is 13.4. The van der Waals surface area contributed by atoms with E-state index < -0.39 is 5.41 Å². The van der Waals surface area contributed by atoms with E-state index in [0.29, 0.717) is 24.8 Å². The van der Waals surface area contributed by atoms with E-state index in [1.165, 1.54) is 0 Å². The number of fused-ring (bicyclic) bond motifs is 1. The minimum Gasteiger partial charge on any atom is -0.313 e. The molecule has 1 aromatic carbocycles. The number of anilines is 2. The van der Waals surface area contributed by atoms with Crippen molar-refractivity contribution in [2.45, 2.75) is 40.3 Å². The number of rotatable bonds is 8. The molecule has 0 radical (unpaired) electrons. The van der Waals surface area contributed by atoms with Gasteiger partial charge in [0.05, 0.1) is 11.4 Å². The Kier molecular flexibility index (Phi) is 11.1. The van der Waals surface area contributed by atoms with Crippen LogP contribution in [0.15, 0.2) is 61.1 Å². The molecule has 0 aliphatic carbocycles. The molecule has 0 N–H and O–H groups in total. The second-order valence-electron chi connectivity index (χ2n) is 9.64. The third-order valence-corrected chi connectivity index (χ3v) is 7.04. The fourth-order valence-corrected chi connectivity index (χ4v) is 4.81. The Bertz CT molecular complexity index is 1260. The van der Waals surface area contributed by atoms with Gasteiger partial charge in [0, 0.05) is 57.4 Å². The van der Waals surface area contributed by atoms with Crippen LogP contribution < -0.4 is 9.80 Å². The van der Waals surface area contributed by atoms with Gasteiger partial charge in [0.1, 0.15) is 10.6 Å². The average molecular weight is 579 g/mol. The van der Waals surface area contributed by atoms with Gasteiger partial charge in [-0.25, -0.2) is 4.98 Å². The van der Waals surface area contributed by atoms with Crippen molar-refractivity contribution in [3.05, 3.63) is 82.9 Å². The van der Waals surface area contributed by atoms with Gasteiger partial charge in [0.25, 0.3) is 0 Å². The van der Waals surface area contributed by atoms with Crippen molar-refractivity contribution in [1.29, 1.82) is 0 Å². The average Bonchev–Trinajstić information content (AvgIpc) is 2.93. The summed E-state index contributed by atoms with van der Waals surface area (Å²) in [6, 6.07) is 13.9. The van der Waals surface area contributed by atoms with Gasteiger partial charge >= 0.3 is 0 Å². The fourth-order valence-electron chi connectivity index (χ4n) is 4.63. The zero-order chi connectivity index (χ0) is 25.9. The van der Waals surface area contributed by atoms with Crippen molar-refractivity contribution < 1.29 is 9.59 Å². The van der Waals surface area contributed by atoms with E-state index >= 15 is 0 Å². The van der Waals surface area contributed by atoms with Gasteiger partial charge in [0.15, 0.2) is 0 Å². The lowest BCUT2D eigenvalue weighted by Crippen LogP contribution is -2.47. The molecule has 2 amide bonds. The van der Waals surface area contributed by atoms with E-state index in [0.717, 1.165) is 41.0 Å². The van der Waals surface area contributed by atoms with Crippen molar-refractivity contribution in [2.24, 2.45) is 5.41 Å². The molecule has 10 heteroatoms. The number of carbonyl (C=O) groups excluding carboxylic acids is 2. The van der Waals surface area contributed by atoms with Crippen LogP contribution in [0.2, 0.25) is 5.15 Å². The van der Waals surface area contributed by atoms with Gasteiger partial charge < -0.3 is 9.80 Å². The van der Waals surface area contributed by atoms with Crippen molar-refractivity contribution in [3.8, 4) is 0 Å². The van der Waals surface area contributed by atoms with E-state index in [1.54, 1.807) is 43.1 Å². The zero-order valence-corrected chi connectivity index (χ0v) is 24.4. The summed E-state index contributed by atoms with van der Waals surface area (Å²) in [4.78, 5) is 40.5. The summed E-state index contributed by atoms with van der Waals surface area (Å²) in [6.45, 7) is 7.87. The summed E-state index contributed by atoms with van der Waals surface area (Å²) >= 11 is 6.38. The highest BCUT2D eigenvalue weighted by molar-refractivity contribution is 6.30. The lowest BCUT2D eigenvalue weighted by Gasteiger charge is -2.27. The SMILES string of the molecule is CCN1C(=O)C(C)(C)C(=O)N(C)c2cc(CN(CCc3cccnc3)Cc3cccnc3Cl)ccc21.Cl.Cl. The number of amides is 2. The van der Waals surface area contributed by atoms with Gasteiger partial charge in [-0.1, -0.05) is 29.8 Å². The Morgan fingerprint density at radius 2 is 1.68 bits per heavy atom. The molecule has 7 nitrogen and oxygen atoms in total. The van der Waals surface area contributed by atoms with Gasteiger partial charge in [-0.15, -0.1) is 24.8 Å². The molecule has 0 bridgehead atoms. The normalized spacial score (nSPS) is 14.5. The molecular weight excluding hydrogens is 545 g/mol. The molecule has 0 atom stereocenters. The second-order valence-corrected chi connectivity index (χ2v) is 9.99. The first-order valence-corrected chi connectivity index (χ1v) is 12.5. The molecule has 0 spiro atoms. The summed E-state index contributed by atoms with van der Waals surface area (Å²) in [5.41, 5.74) is 3.53. The molecule has 0 fully saturated rings. The van der Waals surface area contributed by atoms with Crippen LogP contribution in [-0.2, 0) is 29.1 Å². The minimum atomic E-state index is -1.13. The molecule has 2 aromatic heterocycles. The highest BCUT2D eigenvalue weighted by atomic mass is 35.5. The largest absolute Gasteiger partial charge is 0.313 e. The van der Waals surface area contributed by atoms with Gasteiger partial charge in [-0.05, 0) is 62.6 Å². The third-order valence-electron chi connectivity index (χ3n) is 6.70. The summed E-state index contributed by atoms with van der Waals surface area (Å²) in [5, 5.41) is 0.496. The lowest BCUT2D eigenvalue weighted by atomic mass is 9.90. The van der Waals surface area contributed by atoms with Crippen molar-refractivity contribution in [1.82, 2.24) is 14.9 Å². The zero-order valence-electron chi connectivity index (χ0n) is 22.1. The maximum absolute atomic E-state index is 13.2. The van der Waals surface area contributed by atoms with Gasteiger partial charge in [0.2, 0.25) is 11.8 Å². The van der Waals surface area contributed by atoms with Gasteiger partial charge in [-0.2, -0.15) is 0 Å². The number of aromatic nitrogens is 2. The van der Waals surface area contributed by atoms with Crippen LogP contribution in [0.3, 0.4) is 0 Å². The van der Waals surface area contributed by atoms with Crippen LogP contribution in [0.25, 0.3) is 0 Å². The molecule has 204 valence electrons. The van der Waals surface area contributed by atoms with Crippen LogP contribution in [-0.4, -0.2) is 46.8 Å². The molecule has 0 saturated heterocycles. The first kappa shape index (κ1) is 31.5. The van der Waals surface area contributed by atoms with E-state index in [9.17, 15) is 9.59 Å². The minimum absolute atomic E-state index is 0. The molecule has 0 saturated carbocycles. The quantitative estimate of drug-likeness (QED) is 0.258. The van der Waals surface area contributed by atoms with Crippen LogP contribution in [0.5, 0.6) is 0 Å². The molecule has 3 heterocycles. The number of halogens is 3. The maximum Gasteiger partial charge on any atom is 0.242 e. The predicted molar refractivity (Wildman–Crippen MR) is 157 cm³/mol. The summed E-state index contributed by atoms with van der Waals surface area (Å²) in [7, 11) is 1.74. The topological polar surface area (TPSA) is 69.6 Å². The van der Waals surface area contributed by atoms with Gasteiger partial charge in [-0.3, -0.25) is 19.5 Å². The molecule has 1 aliphatic rings. The van der Waals surface area contributed by atoms with Crippen molar-refractivity contribution >= 4 is 59.6 Å². The Morgan fingerprint density at radius 3 is 2.34 bits per heavy atom. The van der Waals surface area contributed by atoms with Crippen LogP contribution in [0, 0.1) is 5.41 Å². The third kappa shape index (κ3) is 6.64. The number of benzene rings is 1.